The highest BCUT2D eigenvalue weighted by molar-refractivity contribution is 6.09. The molecule has 0 aliphatic heterocycles. The number of hydrogen-bond donors (Lipinski definition) is 1. The molecule has 2 rings (SSSR count). The number of rotatable bonds is 4. The monoisotopic (exact) mass is 298 g/mol. The Hall–Kier alpha value is -3.88. The highest BCUT2D eigenvalue weighted by Crippen LogP contribution is 2.16. The fraction of sp³-hybridized carbons (Fsp3) is 0. The molecule has 0 aromatic heterocycles. The molecule has 0 saturated heterocycles. The molecule has 0 bridgehead atoms. The molecular formula is C18H10N4O. The van der Waals surface area contributed by atoms with Crippen LogP contribution in [0.5, 0.6) is 0 Å². The number of carbonyl (C=O) groups excluding carboxylic acids is 1. The van der Waals surface area contributed by atoms with Gasteiger partial charge in [0.15, 0.2) is 11.4 Å². The molecule has 108 valence electrons. The van der Waals surface area contributed by atoms with Crippen LogP contribution in [-0.4, -0.2) is 5.78 Å². The highest BCUT2D eigenvalue weighted by Gasteiger charge is 2.09. The molecule has 0 aliphatic carbocycles. The van der Waals surface area contributed by atoms with Gasteiger partial charge in [0, 0.05) is 16.8 Å². The predicted molar refractivity (Wildman–Crippen MR) is 83.8 cm³/mol. The summed E-state index contributed by atoms with van der Waals surface area (Å²) >= 11 is 0. The lowest BCUT2D eigenvalue weighted by molar-refractivity contribution is 0.103. The predicted octanol–water partition coefficient (Wildman–Crippen LogP) is 3.15. The van der Waals surface area contributed by atoms with Crippen molar-refractivity contribution in [3.8, 4) is 18.2 Å². The third-order valence-electron chi connectivity index (χ3n) is 3.04. The molecule has 0 amide bonds. The van der Waals surface area contributed by atoms with Gasteiger partial charge in [-0.25, -0.2) is 0 Å². The first kappa shape index (κ1) is 15.5. The van der Waals surface area contributed by atoms with Crippen LogP contribution >= 0.6 is 0 Å². The van der Waals surface area contributed by atoms with Gasteiger partial charge < -0.3 is 5.32 Å². The topological polar surface area (TPSA) is 100 Å². The second-order valence-electron chi connectivity index (χ2n) is 4.48. The summed E-state index contributed by atoms with van der Waals surface area (Å²) in [6.07, 6.45) is 0. The SMILES string of the molecule is N#CC(C#N)=C(C#N)Nc1ccc(C(=O)c2ccccc2)cc1. The normalized spacial score (nSPS) is 8.91. The summed E-state index contributed by atoms with van der Waals surface area (Å²) in [5.74, 6) is -0.108. The van der Waals surface area contributed by atoms with E-state index in [0.29, 0.717) is 16.8 Å². The molecule has 0 unspecified atom stereocenters. The van der Waals surface area contributed by atoms with E-state index in [4.69, 9.17) is 15.8 Å². The zero-order valence-corrected chi connectivity index (χ0v) is 11.9. The average Bonchev–Trinajstić information content (AvgIpc) is 2.62. The molecule has 1 N–H and O–H groups in total. The van der Waals surface area contributed by atoms with E-state index in [1.807, 2.05) is 6.07 Å². The van der Waals surface area contributed by atoms with Crippen molar-refractivity contribution in [1.82, 2.24) is 0 Å². The van der Waals surface area contributed by atoms with Crippen molar-refractivity contribution >= 4 is 11.5 Å². The van der Waals surface area contributed by atoms with E-state index in [2.05, 4.69) is 5.32 Å². The van der Waals surface area contributed by atoms with E-state index in [-0.39, 0.29) is 17.1 Å². The lowest BCUT2D eigenvalue weighted by Crippen LogP contribution is -2.03. The molecule has 0 radical (unpaired) electrons. The second-order valence-corrected chi connectivity index (χ2v) is 4.48. The molecule has 0 aliphatic rings. The lowest BCUT2D eigenvalue weighted by atomic mass is 10.0. The van der Waals surface area contributed by atoms with Crippen LogP contribution in [0.3, 0.4) is 0 Å². The van der Waals surface area contributed by atoms with Gasteiger partial charge in [0.05, 0.1) is 0 Å². The Bertz CT molecular complexity index is 860. The van der Waals surface area contributed by atoms with E-state index < -0.39 is 0 Å². The number of ketones is 1. The maximum Gasteiger partial charge on any atom is 0.193 e. The summed E-state index contributed by atoms with van der Waals surface area (Å²) in [4.78, 5) is 12.3. The third-order valence-corrected chi connectivity index (χ3v) is 3.04. The van der Waals surface area contributed by atoms with Crippen LogP contribution in [0.15, 0.2) is 65.9 Å². The highest BCUT2D eigenvalue weighted by atomic mass is 16.1. The van der Waals surface area contributed by atoms with Gasteiger partial charge in [-0.1, -0.05) is 30.3 Å². The van der Waals surface area contributed by atoms with Gasteiger partial charge in [-0.05, 0) is 24.3 Å². The molecule has 23 heavy (non-hydrogen) atoms. The summed E-state index contributed by atoms with van der Waals surface area (Å²) in [6.45, 7) is 0. The minimum atomic E-state index is -0.295. The Labute approximate surface area is 133 Å². The van der Waals surface area contributed by atoms with Gasteiger partial charge >= 0.3 is 0 Å². The summed E-state index contributed by atoms with van der Waals surface area (Å²) < 4.78 is 0. The van der Waals surface area contributed by atoms with Crippen molar-refractivity contribution in [2.75, 3.05) is 5.32 Å². The first-order valence-corrected chi connectivity index (χ1v) is 6.61. The van der Waals surface area contributed by atoms with Crippen LogP contribution in [0.1, 0.15) is 15.9 Å². The number of benzene rings is 2. The first-order valence-electron chi connectivity index (χ1n) is 6.61. The van der Waals surface area contributed by atoms with Crippen molar-refractivity contribution in [2.24, 2.45) is 0 Å². The van der Waals surface area contributed by atoms with Crippen LogP contribution in [0.4, 0.5) is 5.69 Å². The van der Waals surface area contributed by atoms with Crippen molar-refractivity contribution < 1.29 is 4.79 Å². The second kappa shape index (κ2) is 7.22. The standard InChI is InChI=1S/C18H10N4O/c19-10-15(11-20)17(12-21)22-16-8-6-14(7-9-16)18(23)13-4-2-1-3-5-13/h1-9,22H. The summed E-state index contributed by atoms with van der Waals surface area (Å²) in [5.41, 5.74) is 1.18. The van der Waals surface area contributed by atoms with Gasteiger partial charge in [-0.15, -0.1) is 0 Å². The third kappa shape index (κ3) is 3.61. The summed E-state index contributed by atoms with van der Waals surface area (Å²) in [5, 5.41) is 29.2. The minimum absolute atomic E-state index is 0.108. The first-order chi connectivity index (χ1) is 11.2. The van der Waals surface area contributed by atoms with Crippen molar-refractivity contribution in [1.29, 1.82) is 15.8 Å². The van der Waals surface area contributed by atoms with E-state index in [0.717, 1.165) is 0 Å². The fourth-order valence-electron chi connectivity index (χ4n) is 1.89. The Morgan fingerprint density at radius 3 is 1.87 bits per heavy atom. The van der Waals surface area contributed by atoms with Gasteiger partial charge in [0.25, 0.3) is 0 Å². The Morgan fingerprint density at radius 1 is 0.783 bits per heavy atom. The Morgan fingerprint density at radius 2 is 1.35 bits per heavy atom. The largest absolute Gasteiger partial charge is 0.345 e. The molecule has 0 atom stereocenters. The quantitative estimate of drug-likeness (QED) is 0.690. The number of nitrogens with one attached hydrogen (secondary N) is 1. The molecular weight excluding hydrogens is 288 g/mol. The average molecular weight is 298 g/mol. The van der Waals surface area contributed by atoms with E-state index >= 15 is 0 Å². The molecule has 0 heterocycles. The van der Waals surface area contributed by atoms with Crippen molar-refractivity contribution in [2.45, 2.75) is 0 Å². The minimum Gasteiger partial charge on any atom is -0.345 e. The summed E-state index contributed by atoms with van der Waals surface area (Å²) in [7, 11) is 0. The maximum atomic E-state index is 12.3. The molecule has 5 nitrogen and oxygen atoms in total. The van der Waals surface area contributed by atoms with Crippen molar-refractivity contribution in [3.05, 3.63) is 77.0 Å². The molecule has 0 fully saturated rings. The zero-order valence-electron chi connectivity index (χ0n) is 11.9. The fourth-order valence-corrected chi connectivity index (χ4v) is 1.89. The van der Waals surface area contributed by atoms with Gasteiger partial charge in [0.1, 0.15) is 23.9 Å². The Kier molecular flexibility index (Phi) is 4.87. The number of nitriles is 3. The van der Waals surface area contributed by atoms with Crippen LogP contribution in [-0.2, 0) is 0 Å². The molecule has 0 saturated carbocycles. The van der Waals surface area contributed by atoms with Crippen LogP contribution in [0, 0.1) is 34.0 Å². The number of carbonyl (C=O) groups is 1. The molecule has 5 heteroatoms. The maximum absolute atomic E-state index is 12.3. The van der Waals surface area contributed by atoms with E-state index in [9.17, 15) is 4.79 Å². The van der Waals surface area contributed by atoms with Crippen LogP contribution in [0.25, 0.3) is 0 Å². The Balaban J connectivity index is 2.23. The van der Waals surface area contributed by atoms with Crippen LogP contribution in [0.2, 0.25) is 0 Å². The van der Waals surface area contributed by atoms with E-state index in [1.165, 1.54) is 0 Å². The van der Waals surface area contributed by atoms with E-state index in [1.54, 1.807) is 66.7 Å². The number of anilines is 1. The number of allylic oxidation sites excluding steroid dienone is 2. The zero-order chi connectivity index (χ0) is 16.7. The van der Waals surface area contributed by atoms with Crippen molar-refractivity contribution in [3.63, 3.8) is 0 Å². The molecule has 0 spiro atoms. The summed E-state index contributed by atoms with van der Waals surface area (Å²) in [6, 6.07) is 20.4. The lowest BCUT2D eigenvalue weighted by Gasteiger charge is -2.06. The smallest absolute Gasteiger partial charge is 0.193 e. The molecule has 2 aromatic rings. The number of nitrogens with zero attached hydrogens (tertiary/aromatic N) is 3. The number of hydrogen-bond acceptors (Lipinski definition) is 5. The van der Waals surface area contributed by atoms with Gasteiger partial charge in [-0.2, -0.15) is 15.8 Å². The van der Waals surface area contributed by atoms with Gasteiger partial charge in [0.2, 0.25) is 0 Å². The van der Waals surface area contributed by atoms with Gasteiger partial charge in [-0.3, -0.25) is 4.79 Å². The molecule has 2 aromatic carbocycles. The van der Waals surface area contributed by atoms with Crippen LogP contribution < -0.4 is 5.32 Å².